The van der Waals surface area contributed by atoms with Gasteiger partial charge in [0.2, 0.25) is 0 Å². The van der Waals surface area contributed by atoms with Gasteiger partial charge in [-0.05, 0) is 29.2 Å². The Balaban J connectivity index is 1.60. The van der Waals surface area contributed by atoms with Gasteiger partial charge in [0.05, 0.1) is 5.02 Å². The Morgan fingerprint density at radius 3 is 2.69 bits per heavy atom. The van der Waals surface area contributed by atoms with Crippen molar-refractivity contribution in [3.8, 4) is 5.75 Å². The maximum absolute atomic E-state index is 11.9. The first-order valence-corrected chi connectivity index (χ1v) is 8.90. The number of nitrogens with zero attached hydrogens (tertiary/aromatic N) is 1. The number of benzene rings is 2. The summed E-state index contributed by atoms with van der Waals surface area (Å²) in [6, 6.07) is 14.9. The van der Waals surface area contributed by atoms with E-state index in [0.29, 0.717) is 12.1 Å². The fraction of sp³-hybridized carbons (Fsp3) is 0.190. The number of halogens is 1. The molecular formula is C21H18ClNO3. The molecule has 2 aromatic carbocycles. The molecule has 0 atom stereocenters. The molecule has 1 aromatic heterocycles. The smallest absolute Gasteiger partial charge is 0.336 e. The summed E-state index contributed by atoms with van der Waals surface area (Å²) >= 11 is 6.04. The predicted octanol–water partition coefficient (Wildman–Crippen LogP) is 4.44. The molecule has 1 aliphatic heterocycles. The van der Waals surface area contributed by atoms with Crippen LogP contribution in [-0.4, -0.2) is 23.1 Å². The highest BCUT2D eigenvalue weighted by molar-refractivity contribution is 6.32. The quantitative estimate of drug-likeness (QED) is 0.695. The van der Waals surface area contributed by atoms with Gasteiger partial charge in [-0.3, -0.25) is 4.90 Å². The van der Waals surface area contributed by atoms with E-state index in [9.17, 15) is 9.90 Å². The van der Waals surface area contributed by atoms with Crippen molar-refractivity contribution in [3.05, 3.63) is 81.2 Å². The minimum Gasteiger partial charge on any atom is -0.506 e. The van der Waals surface area contributed by atoms with Crippen molar-refractivity contribution in [1.82, 2.24) is 4.90 Å². The monoisotopic (exact) mass is 367 g/mol. The van der Waals surface area contributed by atoms with Crippen molar-refractivity contribution >= 4 is 28.1 Å². The van der Waals surface area contributed by atoms with Crippen LogP contribution in [0.1, 0.15) is 17.5 Å². The second-order valence-electron chi connectivity index (χ2n) is 6.47. The molecule has 0 saturated carbocycles. The zero-order valence-corrected chi connectivity index (χ0v) is 14.9. The molecule has 5 heteroatoms. The van der Waals surface area contributed by atoms with Crippen molar-refractivity contribution in [2.75, 3.05) is 13.1 Å². The molecule has 1 N–H and O–H groups in total. The first-order chi connectivity index (χ1) is 12.6. The summed E-state index contributed by atoms with van der Waals surface area (Å²) in [5.41, 5.74) is 3.40. The zero-order chi connectivity index (χ0) is 18.1. The van der Waals surface area contributed by atoms with Gasteiger partial charge in [-0.1, -0.05) is 48.0 Å². The molecule has 0 radical (unpaired) electrons. The zero-order valence-electron chi connectivity index (χ0n) is 14.1. The molecule has 4 nitrogen and oxygen atoms in total. The third kappa shape index (κ3) is 3.39. The van der Waals surface area contributed by atoms with E-state index in [1.807, 2.05) is 6.07 Å². The molecule has 0 saturated heterocycles. The minimum atomic E-state index is -0.424. The third-order valence-electron chi connectivity index (χ3n) is 4.73. The number of aromatic hydroxyl groups is 1. The van der Waals surface area contributed by atoms with Crippen molar-refractivity contribution in [2.45, 2.75) is 13.0 Å². The second-order valence-corrected chi connectivity index (χ2v) is 6.88. The van der Waals surface area contributed by atoms with Crippen molar-refractivity contribution < 1.29 is 9.52 Å². The maximum Gasteiger partial charge on any atom is 0.336 e. The van der Waals surface area contributed by atoms with Gasteiger partial charge in [-0.15, -0.1) is 0 Å². The Morgan fingerprint density at radius 1 is 1.15 bits per heavy atom. The second kappa shape index (κ2) is 6.98. The molecule has 2 heterocycles. The fourth-order valence-electron chi connectivity index (χ4n) is 3.38. The summed E-state index contributed by atoms with van der Waals surface area (Å²) in [5, 5.41) is 10.7. The Labute approximate surface area is 155 Å². The molecule has 0 fully saturated rings. The summed E-state index contributed by atoms with van der Waals surface area (Å²) in [6.45, 7) is 2.35. The molecule has 0 amide bonds. The number of phenolic OH excluding ortho intramolecular Hbond substituents is 1. The number of rotatable bonds is 3. The lowest BCUT2D eigenvalue weighted by atomic mass is 9.99. The summed E-state index contributed by atoms with van der Waals surface area (Å²) in [6.07, 6.45) is 3.20. The van der Waals surface area contributed by atoms with Crippen LogP contribution in [-0.2, 0) is 6.54 Å². The van der Waals surface area contributed by atoms with E-state index in [1.165, 1.54) is 23.3 Å². The van der Waals surface area contributed by atoms with E-state index in [2.05, 4.69) is 35.2 Å². The number of hydrogen-bond acceptors (Lipinski definition) is 4. The summed E-state index contributed by atoms with van der Waals surface area (Å²) in [7, 11) is 0. The van der Waals surface area contributed by atoms with Crippen LogP contribution in [0.5, 0.6) is 5.75 Å². The van der Waals surface area contributed by atoms with Crippen LogP contribution in [0.15, 0.2) is 63.8 Å². The van der Waals surface area contributed by atoms with E-state index in [1.54, 1.807) is 6.07 Å². The lowest BCUT2D eigenvalue weighted by molar-refractivity contribution is 0.294. The van der Waals surface area contributed by atoms with Crippen LogP contribution in [0.3, 0.4) is 0 Å². The van der Waals surface area contributed by atoms with Crippen molar-refractivity contribution in [1.29, 1.82) is 0 Å². The highest BCUT2D eigenvalue weighted by Crippen LogP contribution is 2.31. The van der Waals surface area contributed by atoms with E-state index >= 15 is 0 Å². The molecule has 1 aliphatic rings. The van der Waals surface area contributed by atoms with Crippen LogP contribution in [0.25, 0.3) is 16.5 Å². The highest BCUT2D eigenvalue weighted by atomic mass is 35.5. The molecule has 132 valence electrons. The van der Waals surface area contributed by atoms with Crippen molar-refractivity contribution in [2.24, 2.45) is 0 Å². The van der Waals surface area contributed by atoms with Crippen molar-refractivity contribution in [3.63, 3.8) is 0 Å². The summed E-state index contributed by atoms with van der Waals surface area (Å²) in [5.74, 6) is -0.0899. The van der Waals surface area contributed by atoms with E-state index in [-0.39, 0.29) is 10.8 Å². The number of hydrogen-bond donors (Lipinski definition) is 1. The summed E-state index contributed by atoms with van der Waals surface area (Å²) < 4.78 is 5.20. The van der Waals surface area contributed by atoms with E-state index in [0.717, 1.165) is 30.5 Å². The van der Waals surface area contributed by atoms with Crippen LogP contribution >= 0.6 is 11.6 Å². The van der Waals surface area contributed by atoms with Gasteiger partial charge in [0, 0.05) is 37.2 Å². The molecule has 0 bridgehead atoms. The van der Waals surface area contributed by atoms with Crippen LogP contribution in [0.2, 0.25) is 5.02 Å². The maximum atomic E-state index is 11.9. The Kier molecular flexibility index (Phi) is 4.53. The Bertz CT molecular complexity index is 1040. The van der Waals surface area contributed by atoms with Gasteiger partial charge < -0.3 is 9.52 Å². The van der Waals surface area contributed by atoms with Gasteiger partial charge in [0.1, 0.15) is 11.3 Å². The third-order valence-corrected chi connectivity index (χ3v) is 5.03. The van der Waals surface area contributed by atoms with Gasteiger partial charge in [-0.2, -0.15) is 0 Å². The average Bonchev–Trinajstić information content (AvgIpc) is 2.65. The number of fused-ring (bicyclic) bond motifs is 1. The van der Waals surface area contributed by atoms with Crippen LogP contribution < -0.4 is 5.63 Å². The van der Waals surface area contributed by atoms with Crippen LogP contribution in [0.4, 0.5) is 0 Å². The molecule has 0 aliphatic carbocycles. The molecule has 3 aromatic rings. The topological polar surface area (TPSA) is 53.7 Å². The lowest BCUT2D eigenvalue weighted by Gasteiger charge is -2.26. The molecule has 26 heavy (non-hydrogen) atoms. The van der Waals surface area contributed by atoms with Gasteiger partial charge in [0.15, 0.2) is 0 Å². The Morgan fingerprint density at radius 2 is 1.96 bits per heavy atom. The largest absolute Gasteiger partial charge is 0.506 e. The van der Waals surface area contributed by atoms with E-state index in [4.69, 9.17) is 16.0 Å². The van der Waals surface area contributed by atoms with E-state index < -0.39 is 5.63 Å². The summed E-state index contributed by atoms with van der Waals surface area (Å²) in [4.78, 5) is 14.1. The number of phenols is 1. The standard InChI is InChI=1S/C21H18ClNO3/c22-18-11-17-16(10-21(25)26-20(17)12-19(18)24)13-23-8-6-15(7-9-23)14-4-2-1-3-5-14/h1-6,10-12,24H,7-9,13H2. The molecule has 0 spiro atoms. The predicted molar refractivity (Wildman–Crippen MR) is 103 cm³/mol. The van der Waals surface area contributed by atoms with Gasteiger partial charge >= 0.3 is 5.63 Å². The fourth-order valence-corrected chi connectivity index (χ4v) is 3.54. The Hall–Kier alpha value is -2.56. The first-order valence-electron chi connectivity index (χ1n) is 8.52. The van der Waals surface area contributed by atoms with Crippen LogP contribution in [0, 0.1) is 0 Å². The van der Waals surface area contributed by atoms with Gasteiger partial charge in [0.25, 0.3) is 0 Å². The lowest BCUT2D eigenvalue weighted by Crippen LogP contribution is -2.28. The SMILES string of the molecule is O=c1cc(CN2CC=C(c3ccccc3)CC2)c2cc(Cl)c(O)cc2o1. The molecule has 4 rings (SSSR count). The minimum absolute atomic E-state index is 0.0899. The highest BCUT2D eigenvalue weighted by Gasteiger charge is 2.16. The molecular weight excluding hydrogens is 350 g/mol. The molecule has 0 unspecified atom stereocenters. The average molecular weight is 368 g/mol. The van der Waals surface area contributed by atoms with Gasteiger partial charge in [-0.25, -0.2) is 4.79 Å². The first kappa shape index (κ1) is 16.9. The normalized spacial score (nSPS) is 15.2.